The van der Waals surface area contributed by atoms with Gasteiger partial charge in [-0.1, -0.05) is 13.5 Å². The van der Waals surface area contributed by atoms with Gasteiger partial charge in [-0.3, -0.25) is 0 Å². The second kappa shape index (κ2) is 7.59. The lowest BCUT2D eigenvalue weighted by atomic mass is 10.2. The van der Waals surface area contributed by atoms with Crippen LogP contribution in [0.4, 0.5) is 0 Å². The number of hydrogen-bond donors (Lipinski definition) is 0. The Morgan fingerprint density at radius 1 is 1.38 bits per heavy atom. The van der Waals surface area contributed by atoms with Crippen LogP contribution in [0, 0.1) is 0 Å². The Kier molecular flexibility index (Phi) is 7.28. The maximum Gasteiger partial charge on any atom is 0.330 e. The third-order valence-corrected chi connectivity index (χ3v) is 3.72. The lowest BCUT2D eigenvalue weighted by Crippen LogP contribution is -2.49. The minimum absolute atomic E-state index is 0.429. The molecule has 0 aromatic carbocycles. The fraction of sp³-hybridized carbons (Fsp3) is 0.727. The average Bonchev–Trinajstić information content (AvgIpc) is 2.28. The molecule has 0 rings (SSSR count). The molecule has 0 aliphatic carbocycles. The molecule has 0 bridgehead atoms. The maximum absolute atomic E-state index is 11.3. The summed E-state index contributed by atoms with van der Waals surface area (Å²) in [4.78, 5) is 11.3. The van der Waals surface area contributed by atoms with Crippen molar-refractivity contribution in [2.45, 2.75) is 38.7 Å². The Labute approximate surface area is 100 Å². The van der Waals surface area contributed by atoms with Gasteiger partial charge in [0.15, 0.2) is 6.29 Å². The zero-order valence-electron chi connectivity index (χ0n) is 10.6. The number of carbonyl (C=O) groups is 1. The van der Waals surface area contributed by atoms with Crippen LogP contribution < -0.4 is 0 Å². The summed E-state index contributed by atoms with van der Waals surface area (Å²) in [5.41, 5.74) is 0. The lowest BCUT2D eigenvalue weighted by molar-refractivity contribution is -0.219. The van der Waals surface area contributed by atoms with E-state index >= 15 is 0 Å². The van der Waals surface area contributed by atoms with Crippen molar-refractivity contribution in [1.82, 2.24) is 0 Å². The van der Waals surface area contributed by atoms with Crippen molar-refractivity contribution in [2.24, 2.45) is 0 Å². The fourth-order valence-corrected chi connectivity index (χ4v) is 1.80. The second-order valence-electron chi connectivity index (χ2n) is 3.53. The van der Waals surface area contributed by atoms with Gasteiger partial charge in [-0.25, -0.2) is 4.79 Å². The third kappa shape index (κ3) is 4.47. The van der Waals surface area contributed by atoms with Crippen molar-refractivity contribution in [2.75, 3.05) is 13.2 Å². The smallest absolute Gasteiger partial charge is 0.330 e. The molecule has 16 heavy (non-hydrogen) atoms. The number of ether oxygens (including phenoxy) is 3. The summed E-state index contributed by atoms with van der Waals surface area (Å²) in [6.07, 6.45) is 1.35. The monoisotopic (exact) mass is 246 g/mol. The first-order chi connectivity index (χ1) is 7.53. The van der Waals surface area contributed by atoms with Gasteiger partial charge in [-0.15, -0.1) is 0 Å². The Morgan fingerprint density at radius 2 is 1.88 bits per heavy atom. The van der Waals surface area contributed by atoms with E-state index in [1.807, 2.05) is 20.8 Å². The van der Waals surface area contributed by atoms with Crippen LogP contribution in [0.1, 0.15) is 27.2 Å². The molecule has 0 N–H and O–H groups in total. The van der Waals surface area contributed by atoms with Gasteiger partial charge in [0.1, 0.15) is 5.22 Å². The Balaban J connectivity index is 4.70. The predicted molar refractivity (Wildman–Crippen MR) is 66.3 cm³/mol. The molecule has 0 spiro atoms. The van der Waals surface area contributed by atoms with E-state index in [1.54, 1.807) is 0 Å². The molecule has 0 saturated heterocycles. The van der Waals surface area contributed by atoms with E-state index in [4.69, 9.17) is 14.2 Å². The van der Waals surface area contributed by atoms with Gasteiger partial charge in [0.2, 0.25) is 0 Å². The Bertz CT molecular complexity index is 226. The van der Waals surface area contributed by atoms with E-state index in [9.17, 15) is 4.79 Å². The fourth-order valence-electron chi connectivity index (χ4n) is 1.26. The van der Waals surface area contributed by atoms with Crippen LogP contribution in [0.5, 0.6) is 0 Å². The highest BCUT2D eigenvalue weighted by molar-refractivity contribution is 6.15. The molecule has 0 saturated carbocycles. The van der Waals surface area contributed by atoms with E-state index in [2.05, 4.69) is 6.58 Å². The van der Waals surface area contributed by atoms with Crippen molar-refractivity contribution >= 4 is 16.2 Å². The molecule has 0 fully saturated rings. The van der Waals surface area contributed by atoms with Gasteiger partial charge in [-0.05, 0) is 20.3 Å². The molecule has 5 heteroatoms. The summed E-state index contributed by atoms with van der Waals surface area (Å²) in [5, 5.41) is -0.642. The molecule has 0 radical (unpaired) electrons. The highest BCUT2D eigenvalue weighted by Crippen LogP contribution is 2.21. The van der Waals surface area contributed by atoms with E-state index in [-0.39, 0.29) is 0 Å². The SMILES string of the molecule is C=CC(=O)OC([SiH3])(CC)C(OCC)OCC. The van der Waals surface area contributed by atoms with Crippen LogP contribution in [0.2, 0.25) is 0 Å². The summed E-state index contributed by atoms with van der Waals surface area (Å²) in [5.74, 6) is -0.429. The van der Waals surface area contributed by atoms with Crippen molar-refractivity contribution in [1.29, 1.82) is 0 Å². The van der Waals surface area contributed by atoms with Crippen LogP contribution in [0.25, 0.3) is 0 Å². The third-order valence-electron chi connectivity index (χ3n) is 2.34. The summed E-state index contributed by atoms with van der Waals surface area (Å²) in [6.45, 7) is 10.2. The van der Waals surface area contributed by atoms with Gasteiger partial charge < -0.3 is 14.2 Å². The molecule has 0 amide bonds. The van der Waals surface area contributed by atoms with Gasteiger partial charge in [0, 0.05) is 19.3 Å². The highest BCUT2D eigenvalue weighted by Gasteiger charge is 2.37. The van der Waals surface area contributed by atoms with Gasteiger partial charge in [0.25, 0.3) is 0 Å². The lowest BCUT2D eigenvalue weighted by Gasteiger charge is -2.35. The number of hydrogen-bond acceptors (Lipinski definition) is 4. The van der Waals surface area contributed by atoms with Gasteiger partial charge in [0.05, 0.1) is 10.2 Å². The maximum atomic E-state index is 11.3. The molecule has 0 aromatic rings. The molecule has 1 atom stereocenters. The first kappa shape index (κ1) is 15.3. The van der Waals surface area contributed by atoms with E-state index < -0.39 is 17.5 Å². The summed E-state index contributed by atoms with van der Waals surface area (Å²) >= 11 is 0. The van der Waals surface area contributed by atoms with Crippen LogP contribution in [0.3, 0.4) is 0 Å². The Morgan fingerprint density at radius 3 is 2.19 bits per heavy atom. The highest BCUT2D eigenvalue weighted by atomic mass is 28.1. The van der Waals surface area contributed by atoms with E-state index in [0.29, 0.717) is 29.9 Å². The van der Waals surface area contributed by atoms with Crippen LogP contribution >= 0.6 is 0 Å². The van der Waals surface area contributed by atoms with Gasteiger partial charge in [-0.2, -0.15) is 0 Å². The second-order valence-corrected chi connectivity index (χ2v) is 5.23. The molecule has 0 heterocycles. The first-order valence-corrected chi connectivity index (χ1v) is 6.62. The molecule has 94 valence electrons. The van der Waals surface area contributed by atoms with E-state index in [0.717, 1.165) is 6.08 Å². The molecule has 0 aliphatic heterocycles. The largest absolute Gasteiger partial charge is 0.456 e. The predicted octanol–water partition coefficient (Wildman–Crippen LogP) is 0.586. The van der Waals surface area contributed by atoms with Crippen LogP contribution in [-0.2, 0) is 19.0 Å². The first-order valence-electron chi connectivity index (χ1n) is 5.62. The zero-order chi connectivity index (χ0) is 12.6. The van der Waals surface area contributed by atoms with Crippen molar-refractivity contribution in [3.63, 3.8) is 0 Å². The standard InChI is InChI=1S/C11H22O4Si/c1-5-9(12)15-11(16,6-2)10(13-7-3)14-8-4/h5,10H,1,6-8H2,2-4,16H3. The molecular weight excluding hydrogens is 224 g/mol. The minimum Gasteiger partial charge on any atom is -0.456 e. The van der Waals surface area contributed by atoms with Crippen molar-refractivity contribution in [3.8, 4) is 0 Å². The van der Waals surface area contributed by atoms with Crippen LogP contribution in [0.15, 0.2) is 12.7 Å². The number of esters is 1. The van der Waals surface area contributed by atoms with Crippen LogP contribution in [-0.4, -0.2) is 40.9 Å². The summed E-state index contributed by atoms with van der Waals surface area (Å²) < 4.78 is 16.3. The number of carbonyl (C=O) groups excluding carboxylic acids is 1. The minimum atomic E-state index is -0.642. The molecule has 0 aliphatic rings. The number of rotatable bonds is 8. The zero-order valence-corrected chi connectivity index (χ0v) is 12.6. The molecule has 4 nitrogen and oxygen atoms in total. The van der Waals surface area contributed by atoms with Gasteiger partial charge >= 0.3 is 5.97 Å². The van der Waals surface area contributed by atoms with Crippen molar-refractivity contribution < 1.29 is 19.0 Å². The van der Waals surface area contributed by atoms with Crippen molar-refractivity contribution in [3.05, 3.63) is 12.7 Å². The Hall–Kier alpha value is -0.653. The summed E-state index contributed by atoms with van der Waals surface area (Å²) in [6, 6.07) is 0. The van der Waals surface area contributed by atoms with E-state index in [1.165, 1.54) is 0 Å². The molecular formula is C11H22O4Si. The topological polar surface area (TPSA) is 44.8 Å². The molecule has 0 aromatic heterocycles. The quantitative estimate of drug-likeness (QED) is 0.272. The summed E-state index contributed by atoms with van der Waals surface area (Å²) in [7, 11) is 0.642. The normalized spacial score (nSPS) is 14.8. The average molecular weight is 246 g/mol. The molecule has 1 unspecified atom stereocenters.